The van der Waals surface area contributed by atoms with Crippen LogP contribution in [0.5, 0.6) is 17.2 Å². The number of oxazole rings is 1. The minimum Gasteiger partial charge on any atom is -0.493 e. The lowest BCUT2D eigenvalue weighted by atomic mass is 10.0. The Bertz CT molecular complexity index is 1010. The van der Waals surface area contributed by atoms with Crippen LogP contribution in [0.3, 0.4) is 0 Å². The first-order chi connectivity index (χ1) is 15.0. The van der Waals surface area contributed by atoms with Gasteiger partial charge in [-0.15, -0.1) is 0 Å². The van der Waals surface area contributed by atoms with Crippen molar-refractivity contribution in [2.75, 3.05) is 13.2 Å². The molecule has 0 radical (unpaired) electrons. The Balaban J connectivity index is 1.70. The van der Waals surface area contributed by atoms with E-state index >= 15 is 0 Å². The predicted octanol–water partition coefficient (Wildman–Crippen LogP) is 5.74. The maximum absolute atomic E-state index is 12.7. The fourth-order valence-corrected chi connectivity index (χ4v) is 3.17. The smallest absolute Gasteiger partial charge is 0.226 e. The molecule has 0 aliphatic rings. The number of hydrogen-bond donors (Lipinski definition) is 0. The van der Waals surface area contributed by atoms with Gasteiger partial charge in [0.25, 0.3) is 0 Å². The molecule has 6 nitrogen and oxygen atoms in total. The second-order valence-electron chi connectivity index (χ2n) is 7.26. The van der Waals surface area contributed by atoms with Crippen LogP contribution in [0, 0.1) is 0 Å². The molecule has 0 aliphatic carbocycles. The molecule has 1 aromatic heterocycles. The van der Waals surface area contributed by atoms with E-state index in [1.54, 1.807) is 12.3 Å². The first kappa shape index (κ1) is 22.4. The third-order valence-corrected chi connectivity index (χ3v) is 4.50. The monoisotopic (exact) mass is 423 g/mol. The van der Waals surface area contributed by atoms with Crippen molar-refractivity contribution < 1.29 is 23.4 Å². The summed E-state index contributed by atoms with van der Waals surface area (Å²) >= 11 is 0. The third-order valence-electron chi connectivity index (χ3n) is 4.50. The molecule has 0 saturated heterocycles. The zero-order chi connectivity index (χ0) is 22.2. The van der Waals surface area contributed by atoms with Crippen molar-refractivity contribution in [3.05, 3.63) is 60.0 Å². The maximum atomic E-state index is 12.7. The van der Waals surface area contributed by atoms with Gasteiger partial charge in [0, 0.05) is 18.4 Å². The van der Waals surface area contributed by atoms with Gasteiger partial charge in [0.2, 0.25) is 5.89 Å². The number of ether oxygens (including phenoxy) is 3. The van der Waals surface area contributed by atoms with Gasteiger partial charge >= 0.3 is 0 Å². The quantitative estimate of drug-likeness (QED) is 0.366. The summed E-state index contributed by atoms with van der Waals surface area (Å²) < 4.78 is 22.7. The van der Waals surface area contributed by atoms with Crippen molar-refractivity contribution in [1.82, 2.24) is 4.98 Å². The lowest BCUT2D eigenvalue weighted by molar-refractivity contribution is 0.0979. The van der Waals surface area contributed by atoms with Crippen LogP contribution in [0.25, 0.3) is 11.5 Å². The van der Waals surface area contributed by atoms with E-state index in [9.17, 15) is 4.79 Å². The molecule has 0 bridgehead atoms. The summed E-state index contributed by atoms with van der Waals surface area (Å²) in [5.41, 5.74) is 2.10. The average molecular weight is 424 g/mol. The summed E-state index contributed by atoms with van der Waals surface area (Å²) in [6.45, 7) is 8.81. The molecule has 0 fully saturated rings. The number of hydrogen-bond acceptors (Lipinski definition) is 6. The van der Waals surface area contributed by atoms with E-state index in [4.69, 9.17) is 18.6 Å². The molecule has 0 unspecified atom stereocenters. The van der Waals surface area contributed by atoms with E-state index in [1.165, 1.54) is 0 Å². The number of carbonyl (C=O) groups excluding carboxylic acids is 1. The molecule has 3 aromatic rings. The number of aromatic nitrogens is 1. The van der Waals surface area contributed by atoms with Crippen molar-refractivity contribution >= 4 is 5.78 Å². The van der Waals surface area contributed by atoms with Gasteiger partial charge in [0.15, 0.2) is 17.3 Å². The summed E-state index contributed by atoms with van der Waals surface area (Å²) in [5, 5.41) is 0. The molecular formula is C25H29NO5. The molecule has 164 valence electrons. The number of aryl methyl sites for hydroxylation is 1. The SMILES string of the molecule is CCOc1cc(-c2nc(CCC(=O)c3ccccc3OCC)co2)ccc1OC(C)C. The van der Waals surface area contributed by atoms with E-state index in [1.807, 2.05) is 64.1 Å². The van der Waals surface area contributed by atoms with Gasteiger partial charge in [-0.3, -0.25) is 4.79 Å². The number of nitrogens with zero attached hydrogens (tertiary/aromatic N) is 1. The summed E-state index contributed by atoms with van der Waals surface area (Å²) in [5.74, 6) is 2.45. The summed E-state index contributed by atoms with van der Waals surface area (Å²) in [6, 6.07) is 12.9. The van der Waals surface area contributed by atoms with Crippen molar-refractivity contribution in [2.45, 2.75) is 46.6 Å². The van der Waals surface area contributed by atoms with Crippen molar-refractivity contribution in [3.63, 3.8) is 0 Å². The van der Waals surface area contributed by atoms with Crippen molar-refractivity contribution in [2.24, 2.45) is 0 Å². The highest BCUT2D eigenvalue weighted by molar-refractivity contribution is 5.98. The second kappa shape index (κ2) is 10.7. The van der Waals surface area contributed by atoms with Crippen molar-refractivity contribution in [3.8, 4) is 28.7 Å². The Morgan fingerprint density at radius 1 is 1.00 bits per heavy atom. The Morgan fingerprint density at radius 3 is 2.48 bits per heavy atom. The van der Waals surface area contributed by atoms with Crippen LogP contribution >= 0.6 is 0 Å². The van der Waals surface area contributed by atoms with E-state index in [0.29, 0.717) is 54.8 Å². The van der Waals surface area contributed by atoms with Crippen LogP contribution in [0.2, 0.25) is 0 Å². The van der Waals surface area contributed by atoms with E-state index in [-0.39, 0.29) is 11.9 Å². The fourth-order valence-electron chi connectivity index (χ4n) is 3.17. The minimum absolute atomic E-state index is 0.0161. The molecule has 1 heterocycles. The number of ketones is 1. The number of para-hydroxylation sites is 1. The second-order valence-corrected chi connectivity index (χ2v) is 7.26. The zero-order valence-corrected chi connectivity index (χ0v) is 18.5. The van der Waals surface area contributed by atoms with Gasteiger partial charge in [0.05, 0.1) is 30.6 Å². The standard InChI is InChI=1S/C25H29NO5/c1-5-28-22-10-8-7-9-20(22)21(27)13-12-19-16-30-25(26-19)18-11-14-23(31-17(3)4)24(15-18)29-6-2/h7-11,14-17H,5-6,12-13H2,1-4H3. The molecule has 0 N–H and O–H groups in total. The molecule has 0 saturated carbocycles. The molecule has 31 heavy (non-hydrogen) atoms. The molecule has 0 amide bonds. The number of Topliss-reactive ketones (excluding diaryl/α,β-unsaturated/α-hetero) is 1. The Hall–Kier alpha value is -3.28. The summed E-state index contributed by atoms with van der Waals surface area (Å²) in [7, 11) is 0. The normalized spacial score (nSPS) is 10.9. The Kier molecular flexibility index (Phi) is 7.70. The first-order valence-corrected chi connectivity index (χ1v) is 10.6. The van der Waals surface area contributed by atoms with Gasteiger partial charge < -0.3 is 18.6 Å². The highest BCUT2D eigenvalue weighted by Crippen LogP contribution is 2.33. The Labute approximate surface area is 183 Å². The van der Waals surface area contributed by atoms with Gasteiger partial charge in [-0.25, -0.2) is 4.98 Å². The van der Waals surface area contributed by atoms with Gasteiger partial charge in [-0.1, -0.05) is 12.1 Å². The van der Waals surface area contributed by atoms with E-state index in [2.05, 4.69) is 4.98 Å². The van der Waals surface area contributed by atoms with Crippen LogP contribution < -0.4 is 14.2 Å². The molecular weight excluding hydrogens is 394 g/mol. The number of carbonyl (C=O) groups is 1. The van der Waals surface area contributed by atoms with E-state index in [0.717, 1.165) is 11.3 Å². The van der Waals surface area contributed by atoms with Gasteiger partial charge in [0.1, 0.15) is 12.0 Å². The molecule has 2 aromatic carbocycles. The topological polar surface area (TPSA) is 70.8 Å². The van der Waals surface area contributed by atoms with Gasteiger partial charge in [-0.05, 0) is 58.0 Å². The van der Waals surface area contributed by atoms with E-state index < -0.39 is 0 Å². The third kappa shape index (κ3) is 5.87. The number of rotatable bonds is 11. The molecule has 0 atom stereocenters. The summed E-state index contributed by atoms with van der Waals surface area (Å²) in [6.07, 6.45) is 2.44. The lowest BCUT2D eigenvalue weighted by Gasteiger charge is -2.14. The average Bonchev–Trinajstić information content (AvgIpc) is 3.23. The van der Waals surface area contributed by atoms with Crippen LogP contribution in [-0.2, 0) is 6.42 Å². The van der Waals surface area contributed by atoms with Crippen LogP contribution in [0.4, 0.5) is 0 Å². The fraction of sp³-hybridized carbons (Fsp3) is 0.360. The van der Waals surface area contributed by atoms with Gasteiger partial charge in [-0.2, -0.15) is 0 Å². The molecule has 6 heteroatoms. The highest BCUT2D eigenvalue weighted by Gasteiger charge is 2.15. The maximum Gasteiger partial charge on any atom is 0.226 e. The molecule has 0 spiro atoms. The van der Waals surface area contributed by atoms with Crippen molar-refractivity contribution in [1.29, 1.82) is 0 Å². The largest absolute Gasteiger partial charge is 0.493 e. The minimum atomic E-state index is 0.0161. The molecule has 0 aliphatic heterocycles. The summed E-state index contributed by atoms with van der Waals surface area (Å²) in [4.78, 5) is 17.2. The predicted molar refractivity (Wildman–Crippen MR) is 119 cm³/mol. The van der Waals surface area contributed by atoms with Crippen LogP contribution in [0.1, 0.15) is 50.2 Å². The zero-order valence-electron chi connectivity index (χ0n) is 18.5. The Morgan fingerprint density at radius 2 is 1.74 bits per heavy atom. The first-order valence-electron chi connectivity index (χ1n) is 10.6. The van der Waals surface area contributed by atoms with Crippen LogP contribution in [-0.4, -0.2) is 30.1 Å². The molecule has 3 rings (SSSR count). The highest BCUT2D eigenvalue weighted by atomic mass is 16.5. The number of benzene rings is 2. The lowest BCUT2D eigenvalue weighted by Crippen LogP contribution is -2.07. The van der Waals surface area contributed by atoms with Crippen LogP contribution in [0.15, 0.2) is 53.1 Å².